The summed E-state index contributed by atoms with van der Waals surface area (Å²) in [5, 5.41) is 13.2. The fraction of sp³-hybridized carbons (Fsp3) is 0.625. The largest absolute Gasteiger partial charge is 0.393 e. The van der Waals surface area contributed by atoms with Crippen LogP contribution in [-0.4, -0.2) is 17.8 Å². The normalized spacial score (nSPS) is 20.4. The van der Waals surface area contributed by atoms with Crippen molar-refractivity contribution in [3.05, 3.63) is 33.8 Å². The highest BCUT2D eigenvalue weighted by molar-refractivity contribution is 9.10. The van der Waals surface area contributed by atoms with Crippen molar-refractivity contribution in [3.8, 4) is 0 Å². The highest BCUT2D eigenvalue weighted by atomic mass is 79.9. The molecule has 19 heavy (non-hydrogen) atoms. The van der Waals surface area contributed by atoms with Gasteiger partial charge < -0.3 is 10.4 Å². The Morgan fingerprint density at radius 3 is 2.89 bits per heavy atom. The van der Waals surface area contributed by atoms with E-state index in [0.29, 0.717) is 6.04 Å². The number of nitrogens with one attached hydrogen (secondary N) is 1. The first kappa shape index (κ1) is 15.0. The van der Waals surface area contributed by atoms with Crippen LogP contribution in [0.15, 0.2) is 22.7 Å². The van der Waals surface area contributed by atoms with E-state index in [2.05, 4.69) is 53.3 Å². The Bertz CT molecular complexity index is 442. The number of benzene rings is 1. The van der Waals surface area contributed by atoms with E-state index in [9.17, 15) is 5.11 Å². The molecular weight excluding hydrogens is 302 g/mol. The number of aliphatic hydroxyl groups is 1. The van der Waals surface area contributed by atoms with Gasteiger partial charge in [0.1, 0.15) is 0 Å². The molecule has 1 aliphatic carbocycles. The van der Waals surface area contributed by atoms with Crippen molar-refractivity contribution in [3.63, 3.8) is 0 Å². The molecule has 2 nitrogen and oxygen atoms in total. The zero-order chi connectivity index (χ0) is 14.0. The SMILES string of the molecule is CC(O)CC(C)(C)CNC1CCc2c(Br)cccc21. The zero-order valence-corrected chi connectivity index (χ0v) is 13.6. The number of rotatable bonds is 5. The Hall–Kier alpha value is -0.380. The minimum Gasteiger partial charge on any atom is -0.393 e. The van der Waals surface area contributed by atoms with Crippen molar-refractivity contribution in [2.24, 2.45) is 5.41 Å². The van der Waals surface area contributed by atoms with Crippen molar-refractivity contribution in [2.45, 2.75) is 52.2 Å². The molecule has 2 rings (SSSR count). The Morgan fingerprint density at radius 1 is 1.47 bits per heavy atom. The van der Waals surface area contributed by atoms with Gasteiger partial charge in [0.2, 0.25) is 0 Å². The van der Waals surface area contributed by atoms with E-state index < -0.39 is 0 Å². The molecule has 0 aromatic heterocycles. The minimum absolute atomic E-state index is 0.128. The Balaban J connectivity index is 1.98. The van der Waals surface area contributed by atoms with Crippen LogP contribution >= 0.6 is 15.9 Å². The van der Waals surface area contributed by atoms with Gasteiger partial charge in [-0.2, -0.15) is 0 Å². The molecule has 2 unspecified atom stereocenters. The first-order valence-electron chi connectivity index (χ1n) is 7.08. The first-order valence-corrected chi connectivity index (χ1v) is 7.87. The van der Waals surface area contributed by atoms with Crippen molar-refractivity contribution in [1.29, 1.82) is 0 Å². The fourth-order valence-electron chi connectivity index (χ4n) is 3.09. The maximum absolute atomic E-state index is 9.54. The summed E-state index contributed by atoms with van der Waals surface area (Å²) in [6.07, 6.45) is 2.91. The third-order valence-corrected chi connectivity index (χ3v) is 4.63. The molecule has 0 fully saturated rings. The van der Waals surface area contributed by atoms with E-state index in [4.69, 9.17) is 0 Å². The number of hydrogen-bond donors (Lipinski definition) is 2. The summed E-state index contributed by atoms with van der Waals surface area (Å²) in [6.45, 7) is 7.23. The van der Waals surface area contributed by atoms with Gasteiger partial charge in [0.05, 0.1) is 6.10 Å². The lowest BCUT2D eigenvalue weighted by Crippen LogP contribution is -2.33. The van der Waals surface area contributed by atoms with Crippen LogP contribution in [0.2, 0.25) is 0 Å². The summed E-state index contributed by atoms with van der Waals surface area (Å²) in [5.74, 6) is 0. The molecule has 1 aromatic carbocycles. The minimum atomic E-state index is -0.234. The number of hydrogen-bond acceptors (Lipinski definition) is 2. The lowest BCUT2D eigenvalue weighted by molar-refractivity contribution is 0.126. The van der Waals surface area contributed by atoms with Crippen LogP contribution in [-0.2, 0) is 6.42 Å². The Labute approximate surface area is 124 Å². The molecule has 1 aliphatic rings. The second kappa shape index (κ2) is 5.94. The van der Waals surface area contributed by atoms with Crippen LogP contribution in [0.1, 0.15) is 50.8 Å². The van der Waals surface area contributed by atoms with Crippen molar-refractivity contribution in [1.82, 2.24) is 5.32 Å². The average molecular weight is 326 g/mol. The van der Waals surface area contributed by atoms with Gasteiger partial charge in [-0.3, -0.25) is 0 Å². The molecule has 2 N–H and O–H groups in total. The lowest BCUT2D eigenvalue weighted by atomic mass is 9.86. The molecule has 0 spiro atoms. The molecule has 0 heterocycles. The quantitative estimate of drug-likeness (QED) is 0.862. The molecule has 0 amide bonds. The third kappa shape index (κ3) is 3.80. The maximum Gasteiger partial charge on any atom is 0.0517 e. The van der Waals surface area contributed by atoms with Crippen molar-refractivity contribution in [2.75, 3.05) is 6.54 Å². The Morgan fingerprint density at radius 2 is 2.21 bits per heavy atom. The molecule has 1 aromatic rings. The van der Waals surface area contributed by atoms with Crippen LogP contribution in [0.25, 0.3) is 0 Å². The molecular formula is C16H24BrNO. The van der Waals surface area contributed by atoms with Crippen molar-refractivity contribution >= 4 is 15.9 Å². The van der Waals surface area contributed by atoms with Gasteiger partial charge in [-0.25, -0.2) is 0 Å². The van der Waals surface area contributed by atoms with E-state index in [-0.39, 0.29) is 11.5 Å². The maximum atomic E-state index is 9.54. The van der Waals surface area contributed by atoms with E-state index in [1.54, 1.807) is 0 Å². The second-order valence-electron chi connectivity index (χ2n) is 6.50. The molecule has 0 radical (unpaired) electrons. The lowest BCUT2D eigenvalue weighted by Gasteiger charge is -2.28. The summed E-state index contributed by atoms with van der Waals surface area (Å²) in [6, 6.07) is 6.93. The highest BCUT2D eigenvalue weighted by Crippen LogP contribution is 2.36. The van der Waals surface area contributed by atoms with E-state index in [1.165, 1.54) is 22.0 Å². The van der Waals surface area contributed by atoms with E-state index >= 15 is 0 Å². The third-order valence-electron chi connectivity index (χ3n) is 3.89. The number of halogens is 1. The van der Waals surface area contributed by atoms with Gasteiger partial charge in [0.15, 0.2) is 0 Å². The summed E-state index contributed by atoms with van der Waals surface area (Å²) < 4.78 is 1.23. The van der Waals surface area contributed by atoms with Crippen molar-refractivity contribution < 1.29 is 5.11 Å². The molecule has 0 saturated carbocycles. The smallest absolute Gasteiger partial charge is 0.0517 e. The van der Waals surface area contributed by atoms with E-state index in [1.807, 2.05) is 6.92 Å². The number of fused-ring (bicyclic) bond motifs is 1. The van der Waals surface area contributed by atoms with Crippen LogP contribution < -0.4 is 5.32 Å². The van der Waals surface area contributed by atoms with Crippen LogP contribution in [0.4, 0.5) is 0 Å². The molecule has 0 aliphatic heterocycles. The standard InChI is InChI=1S/C16H24BrNO/c1-11(19)9-16(2,3)10-18-15-8-7-12-13(15)5-4-6-14(12)17/h4-6,11,15,18-19H,7-10H2,1-3H3. The van der Waals surface area contributed by atoms with Gasteiger partial charge in [0.25, 0.3) is 0 Å². The van der Waals surface area contributed by atoms with Crippen LogP contribution in [0, 0.1) is 5.41 Å². The zero-order valence-electron chi connectivity index (χ0n) is 12.0. The predicted octanol–water partition coefficient (Wildman–Crippen LogP) is 3.82. The summed E-state index contributed by atoms with van der Waals surface area (Å²) >= 11 is 3.64. The second-order valence-corrected chi connectivity index (χ2v) is 7.35. The van der Waals surface area contributed by atoms with Gasteiger partial charge >= 0.3 is 0 Å². The van der Waals surface area contributed by atoms with Gasteiger partial charge in [-0.15, -0.1) is 0 Å². The molecule has 2 atom stereocenters. The van der Waals surface area contributed by atoms with Gasteiger partial charge in [0, 0.05) is 17.1 Å². The first-order chi connectivity index (χ1) is 8.89. The number of aliphatic hydroxyl groups excluding tert-OH is 1. The van der Waals surface area contributed by atoms with Gasteiger partial charge in [-0.1, -0.05) is 41.9 Å². The van der Waals surface area contributed by atoms with Crippen LogP contribution in [0.3, 0.4) is 0 Å². The topological polar surface area (TPSA) is 32.3 Å². The highest BCUT2D eigenvalue weighted by Gasteiger charge is 2.26. The molecule has 0 bridgehead atoms. The van der Waals surface area contributed by atoms with Crippen LogP contribution in [0.5, 0.6) is 0 Å². The fourth-order valence-corrected chi connectivity index (χ4v) is 3.67. The summed E-state index contributed by atoms with van der Waals surface area (Å²) in [4.78, 5) is 0. The monoisotopic (exact) mass is 325 g/mol. The summed E-state index contributed by atoms with van der Waals surface area (Å²) in [5.41, 5.74) is 3.01. The molecule has 0 saturated heterocycles. The van der Waals surface area contributed by atoms with Gasteiger partial charge in [-0.05, 0) is 48.8 Å². The summed E-state index contributed by atoms with van der Waals surface area (Å²) in [7, 11) is 0. The Kier molecular flexibility index (Phi) is 4.70. The predicted molar refractivity (Wildman–Crippen MR) is 83.3 cm³/mol. The molecule has 3 heteroatoms. The van der Waals surface area contributed by atoms with E-state index in [0.717, 1.165) is 19.4 Å². The average Bonchev–Trinajstić information content (AvgIpc) is 2.69. The molecule has 106 valence electrons.